The molecule has 4 rings (SSSR count). The van der Waals surface area contributed by atoms with Crippen LogP contribution in [-0.4, -0.2) is 49.7 Å². The third-order valence-electron chi connectivity index (χ3n) is 6.08. The highest BCUT2D eigenvalue weighted by atomic mass is 16.6. The SMILES string of the molecule is Cc1cnn(C)c1-c1ccc(CC2C[C@@H]3CN(C(=O)OC(C)(C)C)C[C@@H]3C2)nn1. The van der Waals surface area contributed by atoms with E-state index < -0.39 is 5.60 Å². The summed E-state index contributed by atoms with van der Waals surface area (Å²) in [6.07, 6.45) is 4.93. The van der Waals surface area contributed by atoms with Crippen LogP contribution in [0.5, 0.6) is 0 Å². The van der Waals surface area contributed by atoms with Crippen LogP contribution in [0, 0.1) is 24.7 Å². The average molecular weight is 398 g/mol. The van der Waals surface area contributed by atoms with Gasteiger partial charge in [0.05, 0.1) is 17.6 Å². The highest BCUT2D eigenvalue weighted by molar-refractivity contribution is 5.68. The summed E-state index contributed by atoms with van der Waals surface area (Å²) in [5.41, 5.74) is 3.59. The second kappa shape index (κ2) is 7.43. The fourth-order valence-electron chi connectivity index (χ4n) is 4.87. The summed E-state index contributed by atoms with van der Waals surface area (Å²) in [6, 6.07) is 4.14. The smallest absolute Gasteiger partial charge is 0.410 e. The van der Waals surface area contributed by atoms with E-state index in [0.717, 1.165) is 55.0 Å². The second-order valence-electron chi connectivity index (χ2n) is 9.66. The normalized spacial score (nSPS) is 24.0. The number of carbonyl (C=O) groups excluding carboxylic acids is 1. The van der Waals surface area contributed by atoms with E-state index in [0.29, 0.717) is 17.8 Å². The quantitative estimate of drug-likeness (QED) is 0.791. The predicted molar refractivity (Wildman–Crippen MR) is 110 cm³/mol. The molecule has 2 aromatic heterocycles. The van der Waals surface area contributed by atoms with Gasteiger partial charge < -0.3 is 9.64 Å². The lowest BCUT2D eigenvalue weighted by Crippen LogP contribution is -2.36. The van der Waals surface area contributed by atoms with Crippen molar-refractivity contribution in [1.82, 2.24) is 24.9 Å². The van der Waals surface area contributed by atoms with Crippen LogP contribution >= 0.6 is 0 Å². The number of hydrogen-bond donors (Lipinski definition) is 0. The molecule has 0 aromatic carbocycles. The van der Waals surface area contributed by atoms with E-state index >= 15 is 0 Å². The number of amides is 1. The maximum absolute atomic E-state index is 12.3. The molecule has 3 atom stereocenters. The maximum atomic E-state index is 12.3. The number of nitrogens with zero attached hydrogens (tertiary/aromatic N) is 5. The van der Waals surface area contributed by atoms with Crippen molar-refractivity contribution in [3.63, 3.8) is 0 Å². The molecule has 0 spiro atoms. The summed E-state index contributed by atoms with van der Waals surface area (Å²) in [6.45, 7) is 9.43. The van der Waals surface area contributed by atoms with Gasteiger partial charge in [0, 0.05) is 20.1 Å². The third kappa shape index (κ3) is 4.28. The van der Waals surface area contributed by atoms with Gasteiger partial charge in [-0.15, -0.1) is 5.10 Å². The van der Waals surface area contributed by atoms with Crippen molar-refractivity contribution in [1.29, 1.82) is 0 Å². The molecular formula is C22H31N5O2. The Labute approximate surface area is 172 Å². The van der Waals surface area contributed by atoms with Crippen LogP contribution in [0.1, 0.15) is 44.9 Å². The van der Waals surface area contributed by atoms with Crippen LogP contribution < -0.4 is 0 Å². The van der Waals surface area contributed by atoms with E-state index in [4.69, 9.17) is 4.74 Å². The van der Waals surface area contributed by atoms with E-state index in [2.05, 4.69) is 21.4 Å². The first-order chi connectivity index (χ1) is 13.7. The van der Waals surface area contributed by atoms with E-state index in [1.165, 1.54) is 0 Å². The first-order valence-corrected chi connectivity index (χ1v) is 10.5. The Bertz CT molecular complexity index is 850. The molecule has 156 valence electrons. The molecular weight excluding hydrogens is 366 g/mol. The van der Waals surface area contributed by atoms with Crippen LogP contribution in [0.2, 0.25) is 0 Å². The molecule has 1 saturated carbocycles. The van der Waals surface area contributed by atoms with Gasteiger partial charge in [0.25, 0.3) is 0 Å². The van der Waals surface area contributed by atoms with E-state index in [1.54, 1.807) is 0 Å². The van der Waals surface area contributed by atoms with E-state index in [-0.39, 0.29) is 6.09 Å². The Hall–Kier alpha value is -2.44. The van der Waals surface area contributed by atoms with Gasteiger partial charge in [-0.2, -0.15) is 10.2 Å². The first kappa shape index (κ1) is 19.9. The Balaban J connectivity index is 1.32. The highest BCUT2D eigenvalue weighted by Crippen LogP contribution is 2.43. The van der Waals surface area contributed by atoms with Crippen molar-refractivity contribution in [2.75, 3.05) is 13.1 Å². The molecule has 0 radical (unpaired) electrons. The minimum atomic E-state index is -0.434. The zero-order valence-electron chi connectivity index (χ0n) is 18.1. The van der Waals surface area contributed by atoms with E-state index in [9.17, 15) is 4.79 Å². The number of aromatic nitrogens is 4. The summed E-state index contributed by atoms with van der Waals surface area (Å²) in [5.74, 6) is 1.78. The number of ether oxygens (including phenoxy) is 1. The lowest BCUT2D eigenvalue weighted by Gasteiger charge is -2.25. The third-order valence-corrected chi connectivity index (χ3v) is 6.08. The lowest BCUT2D eigenvalue weighted by molar-refractivity contribution is 0.0277. The molecule has 7 nitrogen and oxygen atoms in total. The topological polar surface area (TPSA) is 73.1 Å². The fourth-order valence-corrected chi connectivity index (χ4v) is 4.87. The molecule has 1 unspecified atom stereocenters. The number of aryl methyl sites for hydroxylation is 2. The van der Waals surface area contributed by atoms with Crippen LogP contribution in [-0.2, 0) is 18.2 Å². The molecule has 7 heteroatoms. The zero-order valence-corrected chi connectivity index (χ0v) is 18.1. The molecule has 2 fully saturated rings. The first-order valence-electron chi connectivity index (χ1n) is 10.5. The van der Waals surface area contributed by atoms with Gasteiger partial charge in [-0.05, 0) is 82.4 Å². The molecule has 3 heterocycles. The summed E-state index contributed by atoms with van der Waals surface area (Å²) in [7, 11) is 1.93. The Kier molecular flexibility index (Phi) is 5.09. The monoisotopic (exact) mass is 397 g/mol. The molecule has 1 saturated heterocycles. The van der Waals surface area contributed by atoms with Crippen LogP contribution in [0.3, 0.4) is 0 Å². The number of likely N-dealkylation sites (tertiary alicyclic amines) is 1. The van der Waals surface area contributed by atoms with Crippen molar-refractivity contribution in [2.24, 2.45) is 24.8 Å². The molecule has 2 aliphatic rings. The van der Waals surface area contributed by atoms with Gasteiger partial charge >= 0.3 is 6.09 Å². The summed E-state index contributed by atoms with van der Waals surface area (Å²) < 4.78 is 7.37. The van der Waals surface area contributed by atoms with Crippen molar-refractivity contribution in [3.05, 3.63) is 29.6 Å². The number of hydrogen-bond acceptors (Lipinski definition) is 5. The molecule has 0 bridgehead atoms. The van der Waals surface area contributed by atoms with Gasteiger partial charge in [0.1, 0.15) is 11.3 Å². The van der Waals surface area contributed by atoms with Gasteiger partial charge in [0.15, 0.2) is 0 Å². The molecule has 1 amide bonds. The molecule has 0 N–H and O–H groups in total. The molecule has 29 heavy (non-hydrogen) atoms. The molecule has 2 aromatic rings. The zero-order chi connectivity index (χ0) is 20.8. The van der Waals surface area contributed by atoms with Crippen LogP contribution in [0.4, 0.5) is 4.79 Å². The molecule has 1 aliphatic heterocycles. The Morgan fingerprint density at radius 2 is 1.86 bits per heavy atom. The van der Waals surface area contributed by atoms with Gasteiger partial charge in [-0.1, -0.05) is 0 Å². The molecule has 1 aliphatic carbocycles. The van der Waals surface area contributed by atoms with Crippen molar-refractivity contribution in [3.8, 4) is 11.4 Å². The van der Waals surface area contributed by atoms with E-state index in [1.807, 2.05) is 56.6 Å². The fraction of sp³-hybridized carbons (Fsp3) is 0.636. The summed E-state index contributed by atoms with van der Waals surface area (Å²) >= 11 is 0. The number of fused-ring (bicyclic) bond motifs is 1. The Morgan fingerprint density at radius 1 is 1.17 bits per heavy atom. The minimum Gasteiger partial charge on any atom is -0.444 e. The lowest BCUT2D eigenvalue weighted by atomic mass is 9.99. The standard InChI is InChI=1S/C22H31N5O2/c1-14-11-23-26(5)20(14)19-7-6-18(24-25-19)10-15-8-16-12-27(13-17(16)9-15)21(28)29-22(2,3)4/h6-7,11,15-17H,8-10,12-13H2,1-5H3/t15?,16-,17+. The number of rotatable bonds is 3. The second-order valence-corrected chi connectivity index (χ2v) is 9.66. The largest absolute Gasteiger partial charge is 0.444 e. The van der Waals surface area contributed by atoms with Crippen molar-refractivity contribution >= 4 is 6.09 Å². The van der Waals surface area contributed by atoms with Crippen molar-refractivity contribution < 1.29 is 9.53 Å². The summed E-state index contributed by atoms with van der Waals surface area (Å²) in [5, 5.41) is 13.2. The minimum absolute atomic E-state index is 0.171. The van der Waals surface area contributed by atoms with Gasteiger partial charge in [0.2, 0.25) is 0 Å². The highest BCUT2D eigenvalue weighted by Gasteiger charge is 2.43. The van der Waals surface area contributed by atoms with Gasteiger partial charge in [-0.25, -0.2) is 4.79 Å². The summed E-state index contributed by atoms with van der Waals surface area (Å²) in [4.78, 5) is 14.2. The van der Waals surface area contributed by atoms with Crippen molar-refractivity contribution in [2.45, 2.75) is 52.6 Å². The van der Waals surface area contributed by atoms with Crippen LogP contribution in [0.15, 0.2) is 18.3 Å². The maximum Gasteiger partial charge on any atom is 0.410 e. The van der Waals surface area contributed by atoms with Gasteiger partial charge in [-0.3, -0.25) is 4.68 Å². The number of carbonyl (C=O) groups is 1. The predicted octanol–water partition coefficient (Wildman–Crippen LogP) is 3.62. The van der Waals surface area contributed by atoms with Crippen LogP contribution in [0.25, 0.3) is 11.4 Å². The average Bonchev–Trinajstić information content (AvgIpc) is 3.28. The Morgan fingerprint density at radius 3 is 2.38 bits per heavy atom.